The van der Waals surface area contributed by atoms with Gasteiger partial charge in [0.05, 0.1) is 35.5 Å². The fourth-order valence-electron chi connectivity index (χ4n) is 2.28. The number of ether oxygens (including phenoxy) is 1. The Morgan fingerprint density at radius 2 is 1.83 bits per heavy atom. The quantitative estimate of drug-likeness (QED) is 0.334. The SMILES string of the molecule is S=C(NCCC[NH+]1CCOCC1)NNc1c(Cl)cc(Cl)cc1Cl. The van der Waals surface area contributed by atoms with Crippen LogP contribution in [0.1, 0.15) is 6.42 Å². The maximum absolute atomic E-state index is 6.08. The number of anilines is 1. The van der Waals surface area contributed by atoms with Gasteiger partial charge in [-0.05, 0) is 24.4 Å². The molecule has 0 aromatic heterocycles. The van der Waals surface area contributed by atoms with E-state index in [4.69, 9.17) is 51.8 Å². The molecular formula is C14H20Cl3N4OS+. The molecule has 1 heterocycles. The third-order valence-corrected chi connectivity index (χ3v) is 4.56. The summed E-state index contributed by atoms with van der Waals surface area (Å²) in [7, 11) is 0. The predicted molar refractivity (Wildman–Crippen MR) is 99.8 cm³/mol. The Balaban J connectivity index is 1.65. The van der Waals surface area contributed by atoms with Crippen LogP contribution in [0, 0.1) is 0 Å². The van der Waals surface area contributed by atoms with E-state index in [2.05, 4.69) is 16.2 Å². The van der Waals surface area contributed by atoms with E-state index >= 15 is 0 Å². The maximum atomic E-state index is 6.08. The fourth-order valence-corrected chi connectivity index (χ4v) is 3.34. The lowest BCUT2D eigenvalue weighted by molar-refractivity contribution is -0.908. The number of halogens is 3. The number of hydrogen-bond acceptors (Lipinski definition) is 3. The normalized spacial score (nSPS) is 15.3. The highest BCUT2D eigenvalue weighted by molar-refractivity contribution is 7.80. The lowest BCUT2D eigenvalue weighted by Crippen LogP contribution is -3.14. The maximum Gasteiger partial charge on any atom is 0.185 e. The highest BCUT2D eigenvalue weighted by Crippen LogP contribution is 2.32. The van der Waals surface area contributed by atoms with E-state index in [0.717, 1.165) is 45.8 Å². The van der Waals surface area contributed by atoms with E-state index in [-0.39, 0.29) is 0 Å². The summed E-state index contributed by atoms with van der Waals surface area (Å²) in [5, 5.41) is 4.97. The van der Waals surface area contributed by atoms with Crippen molar-refractivity contribution >= 4 is 57.8 Å². The number of benzene rings is 1. The van der Waals surface area contributed by atoms with Crippen molar-refractivity contribution in [1.82, 2.24) is 10.7 Å². The highest BCUT2D eigenvalue weighted by atomic mass is 35.5. The summed E-state index contributed by atoms with van der Waals surface area (Å²) >= 11 is 23.2. The summed E-state index contributed by atoms with van der Waals surface area (Å²) in [6.07, 6.45) is 1.04. The van der Waals surface area contributed by atoms with Gasteiger partial charge in [-0.25, -0.2) is 0 Å². The van der Waals surface area contributed by atoms with Crippen molar-refractivity contribution in [1.29, 1.82) is 0 Å². The average molecular weight is 399 g/mol. The number of nitrogens with one attached hydrogen (secondary N) is 4. The van der Waals surface area contributed by atoms with E-state index in [0.29, 0.717) is 25.9 Å². The fraction of sp³-hybridized carbons (Fsp3) is 0.500. The van der Waals surface area contributed by atoms with Crippen LogP contribution in [0.15, 0.2) is 12.1 Å². The van der Waals surface area contributed by atoms with Crippen LogP contribution in [0.5, 0.6) is 0 Å². The zero-order valence-corrected chi connectivity index (χ0v) is 15.6. The Bertz CT molecular complexity index is 518. The number of morpholine rings is 1. The Hall–Kier alpha value is -0.500. The summed E-state index contributed by atoms with van der Waals surface area (Å²) in [6, 6.07) is 3.22. The zero-order valence-electron chi connectivity index (χ0n) is 12.6. The van der Waals surface area contributed by atoms with Crippen molar-refractivity contribution in [3.05, 3.63) is 27.2 Å². The third kappa shape index (κ3) is 6.49. The summed E-state index contributed by atoms with van der Waals surface area (Å²) in [4.78, 5) is 1.58. The summed E-state index contributed by atoms with van der Waals surface area (Å²) < 4.78 is 5.34. The predicted octanol–water partition coefficient (Wildman–Crippen LogP) is 1.74. The molecule has 4 N–H and O–H groups in total. The summed E-state index contributed by atoms with van der Waals surface area (Å²) in [6.45, 7) is 5.79. The molecule has 1 aromatic rings. The van der Waals surface area contributed by atoms with Crippen molar-refractivity contribution in [3.63, 3.8) is 0 Å². The van der Waals surface area contributed by atoms with Crippen LogP contribution in [0.3, 0.4) is 0 Å². The average Bonchev–Trinajstić information content (AvgIpc) is 2.51. The van der Waals surface area contributed by atoms with Crippen LogP contribution in [0.4, 0.5) is 5.69 Å². The van der Waals surface area contributed by atoms with E-state index < -0.39 is 0 Å². The van der Waals surface area contributed by atoms with Crippen LogP contribution in [-0.2, 0) is 4.74 Å². The molecular weight excluding hydrogens is 379 g/mol. The van der Waals surface area contributed by atoms with Crippen molar-refractivity contribution in [2.45, 2.75) is 6.42 Å². The van der Waals surface area contributed by atoms with Gasteiger partial charge in [0.15, 0.2) is 5.11 Å². The number of quaternary nitrogens is 1. The first-order valence-corrected chi connectivity index (χ1v) is 8.96. The minimum Gasteiger partial charge on any atom is -0.370 e. The zero-order chi connectivity index (χ0) is 16.7. The molecule has 0 bridgehead atoms. The van der Waals surface area contributed by atoms with Crippen molar-refractivity contribution < 1.29 is 9.64 Å². The molecule has 0 saturated carbocycles. The highest BCUT2D eigenvalue weighted by Gasteiger charge is 2.12. The first-order valence-electron chi connectivity index (χ1n) is 7.42. The second-order valence-electron chi connectivity index (χ2n) is 5.22. The van der Waals surface area contributed by atoms with Gasteiger partial charge in [0.2, 0.25) is 0 Å². The molecule has 0 spiro atoms. The molecule has 0 unspecified atom stereocenters. The van der Waals surface area contributed by atoms with Gasteiger partial charge in [0.1, 0.15) is 13.1 Å². The minimum absolute atomic E-state index is 0.425. The number of hydrazine groups is 1. The minimum atomic E-state index is 0.425. The molecule has 0 atom stereocenters. The standard InChI is InChI=1S/C14H19Cl3N4OS/c15-10-8-11(16)13(12(17)9-10)19-20-14(23)18-2-1-3-21-4-6-22-7-5-21/h8-9,19H,1-7H2,(H2,18,20,23)/p+1. The lowest BCUT2D eigenvalue weighted by Gasteiger charge is -2.23. The molecule has 1 aliphatic heterocycles. The van der Waals surface area contributed by atoms with Crippen molar-refractivity contribution in [2.75, 3.05) is 44.8 Å². The Kier molecular flexibility index (Phi) is 7.95. The van der Waals surface area contributed by atoms with Gasteiger partial charge in [-0.3, -0.25) is 10.9 Å². The monoisotopic (exact) mass is 397 g/mol. The smallest absolute Gasteiger partial charge is 0.185 e. The summed E-state index contributed by atoms with van der Waals surface area (Å²) in [5.74, 6) is 0. The van der Waals surface area contributed by atoms with Crippen molar-refractivity contribution in [3.8, 4) is 0 Å². The second-order valence-corrected chi connectivity index (χ2v) is 6.88. The first-order chi connectivity index (χ1) is 11.1. The van der Waals surface area contributed by atoms with E-state index in [1.807, 2.05) is 0 Å². The van der Waals surface area contributed by atoms with Gasteiger partial charge < -0.3 is 15.0 Å². The van der Waals surface area contributed by atoms with Crippen LogP contribution >= 0.6 is 47.0 Å². The Morgan fingerprint density at radius 1 is 1.17 bits per heavy atom. The molecule has 1 fully saturated rings. The molecule has 0 amide bonds. The number of hydrogen-bond donors (Lipinski definition) is 4. The second kappa shape index (κ2) is 9.71. The van der Waals surface area contributed by atoms with Crippen LogP contribution in [-0.4, -0.2) is 44.5 Å². The van der Waals surface area contributed by atoms with Gasteiger partial charge in [0, 0.05) is 18.0 Å². The van der Waals surface area contributed by atoms with Gasteiger partial charge in [-0.1, -0.05) is 34.8 Å². The number of rotatable bonds is 6. The largest absolute Gasteiger partial charge is 0.370 e. The molecule has 1 aliphatic rings. The van der Waals surface area contributed by atoms with Gasteiger partial charge in [-0.2, -0.15) is 0 Å². The van der Waals surface area contributed by atoms with Gasteiger partial charge >= 0.3 is 0 Å². The van der Waals surface area contributed by atoms with Crippen LogP contribution in [0.2, 0.25) is 15.1 Å². The van der Waals surface area contributed by atoms with Crippen LogP contribution < -0.4 is 21.1 Å². The van der Waals surface area contributed by atoms with E-state index in [9.17, 15) is 0 Å². The molecule has 23 heavy (non-hydrogen) atoms. The lowest BCUT2D eigenvalue weighted by atomic mass is 10.3. The van der Waals surface area contributed by atoms with E-state index in [1.54, 1.807) is 17.0 Å². The topological polar surface area (TPSA) is 49.8 Å². The van der Waals surface area contributed by atoms with E-state index in [1.165, 1.54) is 0 Å². The molecule has 2 rings (SSSR count). The molecule has 1 saturated heterocycles. The number of thiocarbonyl (C=S) groups is 1. The molecule has 9 heteroatoms. The van der Waals surface area contributed by atoms with Crippen molar-refractivity contribution in [2.24, 2.45) is 0 Å². The van der Waals surface area contributed by atoms with Crippen LogP contribution in [0.25, 0.3) is 0 Å². The summed E-state index contributed by atoms with van der Waals surface area (Å²) in [5.41, 5.74) is 6.31. The molecule has 0 radical (unpaired) electrons. The van der Waals surface area contributed by atoms with Gasteiger partial charge in [-0.15, -0.1) is 0 Å². The van der Waals surface area contributed by atoms with Gasteiger partial charge in [0.25, 0.3) is 0 Å². The molecule has 128 valence electrons. The Labute approximate surface area is 156 Å². The molecule has 1 aromatic carbocycles. The first kappa shape index (κ1) is 18.8. The third-order valence-electron chi connectivity index (χ3n) is 3.50. The Morgan fingerprint density at radius 3 is 2.48 bits per heavy atom. The molecule has 0 aliphatic carbocycles. The molecule has 5 nitrogen and oxygen atoms in total.